The van der Waals surface area contributed by atoms with Crippen molar-refractivity contribution in [3.05, 3.63) is 65.7 Å². The van der Waals surface area contributed by atoms with Gasteiger partial charge in [0.2, 0.25) is 11.8 Å². The first kappa shape index (κ1) is 19.0. The number of hydrogen-bond acceptors (Lipinski definition) is 3. The first-order valence-electron chi connectivity index (χ1n) is 9.32. The molecule has 0 aromatic heterocycles. The molecule has 2 aromatic rings. The molecule has 1 fully saturated rings. The van der Waals surface area contributed by atoms with Crippen LogP contribution in [0.15, 0.2) is 54.6 Å². The molecule has 0 aliphatic carbocycles. The van der Waals surface area contributed by atoms with E-state index in [1.165, 1.54) is 0 Å². The van der Waals surface area contributed by atoms with Crippen LogP contribution in [0.2, 0.25) is 0 Å². The Hall–Kier alpha value is -2.82. The molecule has 1 saturated heterocycles. The minimum absolute atomic E-state index is 0.0163. The Morgan fingerprint density at radius 3 is 2.33 bits per heavy atom. The number of carbonyl (C=O) groups excluding carboxylic acids is 2. The maximum atomic E-state index is 13.0. The summed E-state index contributed by atoms with van der Waals surface area (Å²) < 4.78 is 5.20. The van der Waals surface area contributed by atoms with Crippen LogP contribution < -0.4 is 4.74 Å². The minimum atomic E-state index is -0.493. The van der Waals surface area contributed by atoms with Gasteiger partial charge in [-0.25, -0.2) is 0 Å². The van der Waals surface area contributed by atoms with Gasteiger partial charge in [0.15, 0.2) is 0 Å². The van der Waals surface area contributed by atoms with E-state index in [1.54, 1.807) is 24.0 Å². The largest absolute Gasteiger partial charge is 0.497 e. The number of ether oxygens (including phenoxy) is 1. The summed E-state index contributed by atoms with van der Waals surface area (Å²) in [5.41, 5.74) is 1.96. The number of carbonyl (C=O) groups is 2. The van der Waals surface area contributed by atoms with Crippen molar-refractivity contribution in [2.45, 2.75) is 38.4 Å². The summed E-state index contributed by atoms with van der Waals surface area (Å²) in [5, 5.41) is 0. The summed E-state index contributed by atoms with van der Waals surface area (Å²) in [6.07, 6.45) is 1.32. The molecule has 0 spiro atoms. The van der Waals surface area contributed by atoms with Gasteiger partial charge in [0, 0.05) is 19.9 Å². The molecule has 142 valence electrons. The van der Waals surface area contributed by atoms with Crippen LogP contribution in [0.3, 0.4) is 0 Å². The van der Waals surface area contributed by atoms with E-state index in [9.17, 15) is 9.59 Å². The summed E-state index contributed by atoms with van der Waals surface area (Å²) in [7, 11) is 3.40. The topological polar surface area (TPSA) is 49.9 Å². The van der Waals surface area contributed by atoms with Gasteiger partial charge < -0.3 is 14.5 Å². The normalized spacial score (nSPS) is 19.4. The Kier molecular flexibility index (Phi) is 5.79. The third-order valence-corrected chi connectivity index (χ3v) is 5.04. The van der Waals surface area contributed by atoms with Crippen LogP contribution in [0.5, 0.6) is 5.75 Å². The van der Waals surface area contributed by atoms with Gasteiger partial charge in [-0.1, -0.05) is 49.4 Å². The Bertz CT molecular complexity index is 789. The molecule has 2 aromatic carbocycles. The first-order chi connectivity index (χ1) is 13.1. The van der Waals surface area contributed by atoms with Gasteiger partial charge in [-0.2, -0.15) is 0 Å². The molecule has 2 unspecified atom stereocenters. The number of methoxy groups -OCH3 is 1. The zero-order chi connectivity index (χ0) is 19.4. The van der Waals surface area contributed by atoms with Crippen LogP contribution in [-0.4, -0.2) is 41.8 Å². The molecule has 27 heavy (non-hydrogen) atoms. The maximum absolute atomic E-state index is 13.0. The predicted molar refractivity (Wildman–Crippen MR) is 104 cm³/mol. The minimum Gasteiger partial charge on any atom is -0.497 e. The SMILES string of the molecule is CCCC(=O)N1C(Cc2ccc(OC)cc2)C(=O)N(C)C1c1ccccc1. The standard InChI is InChI=1S/C22H26N2O3/c1-4-8-20(25)24-19(15-16-11-13-18(27-3)14-12-16)22(26)23(2)21(24)17-9-6-5-7-10-17/h5-7,9-14,19,21H,4,8,15H2,1-3H3. The molecule has 3 rings (SSSR count). The van der Waals surface area contributed by atoms with Crippen molar-refractivity contribution in [1.29, 1.82) is 0 Å². The third-order valence-electron chi connectivity index (χ3n) is 5.04. The van der Waals surface area contributed by atoms with Gasteiger partial charge in [-0.05, 0) is 29.7 Å². The van der Waals surface area contributed by atoms with E-state index in [0.717, 1.165) is 23.3 Å². The van der Waals surface area contributed by atoms with E-state index in [2.05, 4.69) is 0 Å². The molecule has 0 saturated carbocycles. The number of amides is 2. The van der Waals surface area contributed by atoms with Crippen LogP contribution in [0.4, 0.5) is 0 Å². The van der Waals surface area contributed by atoms with Crippen molar-refractivity contribution in [2.24, 2.45) is 0 Å². The molecule has 1 aliphatic rings. The van der Waals surface area contributed by atoms with Gasteiger partial charge in [-0.15, -0.1) is 0 Å². The lowest BCUT2D eigenvalue weighted by atomic mass is 10.0. The second-order valence-electron chi connectivity index (χ2n) is 6.85. The maximum Gasteiger partial charge on any atom is 0.247 e. The van der Waals surface area contributed by atoms with E-state index in [1.807, 2.05) is 61.5 Å². The van der Waals surface area contributed by atoms with Crippen molar-refractivity contribution >= 4 is 11.8 Å². The smallest absolute Gasteiger partial charge is 0.247 e. The highest BCUT2D eigenvalue weighted by Gasteiger charge is 2.46. The van der Waals surface area contributed by atoms with E-state index in [-0.39, 0.29) is 18.0 Å². The molecule has 1 aliphatic heterocycles. The average Bonchev–Trinajstić information content (AvgIpc) is 2.94. The second-order valence-corrected chi connectivity index (χ2v) is 6.85. The monoisotopic (exact) mass is 366 g/mol. The van der Waals surface area contributed by atoms with E-state index in [0.29, 0.717) is 12.8 Å². The summed E-state index contributed by atoms with van der Waals surface area (Å²) in [5.74, 6) is 0.765. The molecule has 2 atom stereocenters. The van der Waals surface area contributed by atoms with Crippen LogP contribution in [0, 0.1) is 0 Å². The number of likely N-dealkylation sites (N-methyl/N-ethyl adjacent to an activating group) is 1. The fourth-order valence-electron chi connectivity index (χ4n) is 3.66. The highest BCUT2D eigenvalue weighted by molar-refractivity contribution is 5.91. The summed E-state index contributed by atoms with van der Waals surface area (Å²) in [6.45, 7) is 1.98. The molecule has 1 heterocycles. The third kappa shape index (κ3) is 3.82. The number of hydrogen-bond donors (Lipinski definition) is 0. The molecular weight excluding hydrogens is 340 g/mol. The predicted octanol–water partition coefficient (Wildman–Crippen LogP) is 3.41. The van der Waals surface area contributed by atoms with E-state index >= 15 is 0 Å². The Morgan fingerprint density at radius 2 is 1.74 bits per heavy atom. The number of nitrogens with zero attached hydrogens (tertiary/aromatic N) is 2. The lowest BCUT2D eigenvalue weighted by Gasteiger charge is -2.30. The molecule has 2 amide bonds. The molecule has 5 heteroatoms. The highest BCUT2D eigenvalue weighted by atomic mass is 16.5. The first-order valence-corrected chi connectivity index (χ1v) is 9.32. The Balaban J connectivity index is 1.94. The van der Waals surface area contributed by atoms with E-state index in [4.69, 9.17) is 4.74 Å². The van der Waals surface area contributed by atoms with Crippen LogP contribution in [-0.2, 0) is 16.0 Å². The van der Waals surface area contributed by atoms with Gasteiger partial charge in [-0.3, -0.25) is 9.59 Å². The zero-order valence-electron chi connectivity index (χ0n) is 16.1. The van der Waals surface area contributed by atoms with Crippen molar-refractivity contribution in [3.8, 4) is 5.75 Å². The summed E-state index contributed by atoms with van der Waals surface area (Å²) >= 11 is 0. The second kappa shape index (κ2) is 8.25. The highest BCUT2D eigenvalue weighted by Crippen LogP contribution is 2.35. The fraction of sp³-hybridized carbons (Fsp3) is 0.364. The van der Waals surface area contributed by atoms with Crippen molar-refractivity contribution < 1.29 is 14.3 Å². The van der Waals surface area contributed by atoms with Gasteiger partial charge >= 0.3 is 0 Å². The van der Waals surface area contributed by atoms with Crippen molar-refractivity contribution in [1.82, 2.24) is 9.80 Å². The van der Waals surface area contributed by atoms with Gasteiger partial charge in [0.05, 0.1) is 7.11 Å². The van der Waals surface area contributed by atoms with Crippen LogP contribution >= 0.6 is 0 Å². The number of benzene rings is 2. The fourth-order valence-corrected chi connectivity index (χ4v) is 3.66. The summed E-state index contributed by atoms with van der Waals surface area (Å²) in [4.78, 5) is 29.5. The zero-order valence-corrected chi connectivity index (χ0v) is 16.1. The Labute approximate surface area is 160 Å². The molecule has 0 radical (unpaired) electrons. The van der Waals surface area contributed by atoms with Crippen molar-refractivity contribution in [2.75, 3.05) is 14.2 Å². The number of rotatable bonds is 6. The quantitative estimate of drug-likeness (QED) is 0.787. The lowest BCUT2D eigenvalue weighted by Crippen LogP contribution is -2.40. The summed E-state index contributed by atoms with van der Waals surface area (Å²) in [6, 6.07) is 16.9. The van der Waals surface area contributed by atoms with Gasteiger partial charge in [0.1, 0.15) is 18.0 Å². The van der Waals surface area contributed by atoms with Gasteiger partial charge in [0.25, 0.3) is 0 Å². The van der Waals surface area contributed by atoms with Crippen molar-refractivity contribution in [3.63, 3.8) is 0 Å². The molecule has 5 nitrogen and oxygen atoms in total. The van der Waals surface area contributed by atoms with E-state index < -0.39 is 6.04 Å². The molecule has 0 bridgehead atoms. The van der Waals surface area contributed by atoms with Crippen LogP contribution in [0.1, 0.15) is 37.1 Å². The average molecular weight is 366 g/mol. The Morgan fingerprint density at radius 1 is 1.07 bits per heavy atom. The lowest BCUT2D eigenvalue weighted by molar-refractivity contribution is -0.136. The molecular formula is C22H26N2O3. The molecule has 0 N–H and O–H groups in total. The van der Waals surface area contributed by atoms with Crippen LogP contribution in [0.25, 0.3) is 0 Å².